The molecule has 0 bridgehead atoms. The lowest BCUT2D eigenvalue weighted by atomic mass is 10.0. The van der Waals surface area contributed by atoms with Gasteiger partial charge >= 0.3 is 0 Å². The number of ketones is 2. The fourth-order valence-electron chi connectivity index (χ4n) is 4.05. The van der Waals surface area contributed by atoms with Crippen LogP contribution in [-0.4, -0.2) is 37.5 Å². The fraction of sp³-hybridized carbons (Fsp3) is 0.321. The number of aromatic amines is 1. The van der Waals surface area contributed by atoms with Crippen molar-refractivity contribution in [1.82, 2.24) is 19.9 Å². The van der Waals surface area contributed by atoms with Crippen molar-refractivity contribution in [2.24, 2.45) is 5.92 Å². The lowest BCUT2D eigenvalue weighted by Crippen LogP contribution is -2.22. The van der Waals surface area contributed by atoms with Crippen LogP contribution in [0.5, 0.6) is 0 Å². The third kappa shape index (κ3) is 6.17. The number of anilines is 2. The third-order valence-corrected chi connectivity index (χ3v) is 6.34. The first-order chi connectivity index (χ1) is 17.8. The Kier molecular flexibility index (Phi) is 7.91. The van der Waals surface area contributed by atoms with E-state index in [1.807, 2.05) is 32.1 Å². The van der Waals surface area contributed by atoms with Gasteiger partial charge in [0, 0.05) is 24.4 Å². The lowest BCUT2D eigenvalue weighted by molar-refractivity contribution is -0.117. The van der Waals surface area contributed by atoms with Gasteiger partial charge in [-0.05, 0) is 57.2 Å². The summed E-state index contributed by atoms with van der Waals surface area (Å²) in [7, 11) is 0. The van der Waals surface area contributed by atoms with Gasteiger partial charge in [-0.2, -0.15) is 4.39 Å². The SMILES string of the molecule is C=C(/C=C\C(=C/C)Nc1ccc(C(=O)c2c[nH]c3ncnc(NC(CC)CC(C)=O)c23)c(F)n1)C1CC1. The number of allylic oxidation sites excluding steroid dienone is 4. The second-order valence-electron chi connectivity index (χ2n) is 9.22. The monoisotopic (exact) mass is 502 g/mol. The first-order valence-corrected chi connectivity index (χ1v) is 12.4. The second kappa shape index (κ2) is 11.3. The smallest absolute Gasteiger partial charge is 0.226 e. The number of hydrogen-bond acceptors (Lipinski definition) is 7. The zero-order chi connectivity index (χ0) is 26.5. The van der Waals surface area contributed by atoms with Crippen molar-refractivity contribution in [3.63, 3.8) is 0 Å². The van der Waals surface area contributed by atoms with Crippen molar-refractivity contribution in [2.45, 2.75) is 52.5 Å². The standard InChI is InChI=1S/C28H31FN6O2/c1-5-19(10-7-16(3)18-8-9-18)33-23-12-11-21(26(29)35-23)25(37)22-14-30-27-24(22)28(32-15-31-27)34-20(6-2)13-17(4)36/h5,7,10-12,14-15,18,20H,3,6,8-9,13H2,1-2,4H3,(H,33,35)(H2,30,31,32,34)/b10-7-,19-5+. The van der Waals surface area contributed by atoms with E-state index in [0.29, 0.717) is 35.6 Å². The van der Waals surface area contributed by atoms with Crippen LogP contribution >= 0.6 is 0 Å². The molecular formula is C28H31FN6O2. The Labute approximate surface area is 215 Å². The van der Waals surface area contributed by atoms with E-state index >= 15 is 4.39 Å². The summed E-state index contributed by atoms with van der Waals surface area (Å²) in [5, 5.41) is 6.75. The van der Waals surface area contributed by atoms with Crippen molar-refractivity contribution in [3.05, 3.63) is 77.8 Å². The molecule has 1 fully saturated rings. The van der Waals surface area contributed by atoms with Crippen LogP contribution in [0.3, 0.4) is 0 Å². The van der Waals surface area contributed by atoms with Gasteiger partial charge in [-0.3, -0.25) is 9.59 Å². The molecule has 0 aliphatic heterocycles. The second-order valence-corrected chi connectivity index (χ2v) is 9.22. The van der Waals surface area contributed by atoms with Crippen molar-refractivity contribution < 1.29 is 14.0 Å². The molecule has 0 spiro atoms. The molecular weight excluding hydrogens is 471 g/mol. The molecule has 9 heteroatoms. The van der Waals surface area contributed by atoms with Gasteiger partial charge in [0.25, 0.3) is 0 Å². The number of nitrogens with zero attached hydrogens (tertiary/aromatic N) is 3. The molecule has 3 aromatic heterocycles. The van der Waals surface area contributed by atoms with Crippen LogP contribution in [0.25, 0.3) is 11.0 Å². The summed E-state index contributed by atoms with van der Waals surface area (Å²) in [6.07, 6.45) is 11.9. The topological polar surface area (TPSA) is 113 Å². The Morgan fingerprint density at radius 1 is 1.24 bits per heavy atom. The highest BCUT2D eigenvalue weighted by atomic mass is 19.1. The van der Waals surface area contributed by atoms with Crippen LogP contribution in [-0.2, 0) is 4.79 Å². The molecule has 1 saturated carbocycles. The molecule has 3 aromatic rings. The molecule has 0 saturated heterocycles. The third-order valence-electron chi connectivity index (χ3n) is 6.34. The van der Waals surface area contributed by atoms with Crippen LogP contribution in [0.2, 0.25) is 0 Å². The van der Waals surface area contributed by atoms with E-state index in [1.165, 1.54) is 38.4 Å². The molecule has 3 heterocycles. The normalized spacial score (nSPS) is 14.6. The number of fused-ring (bicyclic) bond motifs is 1. The number of aromatic nitrogens is 4. The average Bonchev–Trinajstić information content (AvgIpc) is 3.64. The van der Waals surface area contributed by atoms with Crippen LogP contribution in [0, 0.1) is 11.9 Å². The van der Waals surface area contributed by atoms with E-state index in [9.17, 15) is 9.59 Å². The van der Waals surface area contributed by atoms with Gasteiger partial charge in [0.15, 0.2) is 5.78 Å². The Balaban J connectivity index is 1.57. The number of carbonyl (C=O) groups is 2. The zero-order valence-electron chi connectivity index (χ0n) is 21.3. The summed E-state index contributed by atoms with van der Waals surface area (Å²) in [6, 6.07) is 2.81. The minimum atomic E-state index is -0.888. The Morgan fingerprint density at radius 2 is 2.03 bits per heavy atom. The number of pyridine rings is 1. The predicted octanol–water partition coefficient (Wildman–Crippen LogP) is 5.73. The Bertz CT molecular complexity index is 1400. The minimum Gasteiger partial charge on any atom is -0.366 e. The quantitative estimate of drug-likeness (QED) is 0.165. The van der Waals surface area contributed by atoms with E-state index in [4.69, 9.17) is 0 Å². The maximum Gasteiger partial charge on any atom is 0.226 e. The molecule has 1 aliphatic rings. The van der Waals surface area contributed by atoms with E-state index in [2.05, 4.69) is 37.1 Å². The van der Waals surface area contributed by atoms with Gasteiger partial charge in [-0.1, -0.05) is 31.2 Å². The summed E-state index contributed by atoms with van der Waals surface area (Å²) in [4.78, 5) is 40.4. The molecule has 192 valence electrons. The number of nitrogens with one attached hydrogen (secondary N) is 3. The Morgan fingerprint density at radius 3 is 2.68 bits per heavy atom. The summed E-state index contributed by atoms with van der Waals surface area (Å²) in [5.74, 6) is -0.146. The molecule has 37 heavy (non-hydrogen) atoms. The first kappa shape index (κ1) is 25.9. The largest absolute Gasteiger partial charge is 0.366 e. The summed E-state index contributed by atoms with van der Waals surface area (Å²) < 4.78 is 15.1. The average molecular weight is 503 g/mol. The lowest BCUT2D eigenvalue weighted by Gasteiger charge is -2.17. The molecule has 1 atom stereocenters. The van der Waals surface area contributed by atoms with E-state index in [-0.39, 0.29) is 28.8 Å². The maximum atomic E-state index is 15.1. The predicted molar refractivity (Wildman–Crippen MR) is 143 cm³/mol. The molecule has 1 unspecified atom stereocenters. The summed E-state index contributed by atoms with van der Waals surface area (Å²) in [6.45, 7) is 9.42. The van der Waals surface area contributed by atoms with E-state index < -0.39 is 11.7 Å². The molecule has 1 aliphatic carbocycles. The van der Waals surface area contributed by atoms with E-state index in [1.54, 1.807) is 6.07 Å². The number of hydrogen-bond donors (Lipinski definition) is 3. The number of rotatable bonds is 12. The molecule has 0 amide bonds. The molecule has 3 N–H and O–H groups in total. The van der Waals surface area contributed by atoms with E-state index in [0.717, 1.165) is 11.3 Å². The van der Waals surface area contributed by atoms with Gasteiger partial charge in [0.2, 0.25) is 5.95 Å². The van der Waals surface area contributed by atoms with Gasteiger partial charge in [-0.15, -0.1) is 0 Å². The van der Waals surface area contributed by atoms with Crippen LogP contribution < -0.4 is 10.6 Å². The van der Waals surface area contributed by atoms with Crippen LogP contribution in [0.4, 0.5) is 16.0 Å². The summed E-state index contributed by atoms with van der Waals surface area (Å²) >= 11 is 0. The van der Waals surface area contributed by atoms with Gasteiger partial charge in [0.1, 0.15) is 29.4 Å². The number of H-pyrrole nitrogens is 1. The molecule has 4 rings (SSSR count). The minimum absolute atomic E-state index is 0.0428. The maximum absolute atomic E-state index is 15.1. The van der Waals surface area contributed by atoms with Gasteiger partial charge < -0.3 is 15.6 Å². The highest BCUT2D eigenvalue weighted by Gasteiger charge is 2.24. The fourth-order valence-corrected chi connectivity index (χ4v) is 4.05. The first-order valence-electron chi connectivity index (χ1n) is 12.4. The van der Waals surface area contributed by atoms with Crippen LogP contribution in [0.15, 0.2) is 60.7 Å². The van der Waals surface area contributed by atoms with Gasteiger partial charge in [-0.25, -0.2) is 15.0 Å². The van der Waals surface area contributed by atoms with Gasteiger partial charge in [0.05, 0.1) is 16.5 Å². The van der Waals surface area contributed by atoms with Crippen molar-refractivity contribution in [3.8, 4) is 0 Å². The number of carbonyl (C=O) groups excluding carboxylic acids is 2. The van der Waals surface area contributed by atoms with Crippen LogP contribution in [0.1, 0.15) is 62.4 Å². The Hall–Kier alpha value is -4.14. The van der Waals surface area contributed by atoms with Crippen molar-refractivity contribution in [2.75, 3.05) is 10.6 Å². The highest BCUT2D eigenvalue weighted by molar-refractivity contribution is 6.18. The number of Topliss-reactive ketones (excluding diaryl/α,β-unsaturated/α-hetero) is 1. The van der Waals surface area contributed by atoms with Crippen molar-refractivity contribution in [1.29, 1.82) is 0 Å². The summed E-state index contributed by atoms with van der Waals surface area (Å²) in [5.41, 5.74) is 2.30. The van der Waals surface area contributed by atoms with Crippen molar-refractivity contribution >= 4 is 34.2 Å². The zero-order valence-corrected chi connectivity index (χ0v) is 21.3. The molecule has 0 radical (unpaired) electrons. The molecule has 8 nitrogen and oxygen atoms in total. The number of halogens is 1. The molecule has 0 aromatic carbocycles. The highest BCUT2D eigenvalue weighted by Crippen LogP contribution is 2.36.